The van der Waals surface area contributed by atoms with Crippen LogP contribution in [0.15, 0.2) is 48.7 Å². The van der Waals surface area contributed by atoms with E-state index in [0.29, 0.717) is 22.7 Å². The molecule has 10 heteroatoms. The van der Waals surface area contributed by atoms with Crippen LogP contribution in [0.5, 0.6) is 0 Å². The molecule has 2 aliphatic rings. The third kappa shape index (κ3) is 6.03. The van der Waals surface area contributed by atoms with Crippen LogP contribution in [-0.2, 0) is 18.1 Å². The van der Waals surface area contributed by atoms with Crippen LogP contribution >= 0.6 is 11.6 Å². The highest BCUT2D eigenvalue weighted by Crippen LogP contribution is 2.47. The number of rotatable bonds is 7. The summed E-state index contributed by atoms with van der Waals surface area (Å²) < 4.78 is 53.4. The molecule has 0 saturated heterocycles. The quantitative estimate of drug-likeness (QED) is 0.295. The smallest absolute Gasteiger partial charge is 0.351 e. The Morgan fingerprint density at radius 3 is 2.38 bits per heavy atom. The monoisotopic (exact) mass is 560 g/mol. The van der Waals surface area contributed by atoms with Gasteiger partial charge in [0.25, 0.3) is 5.91 Å². The van der Waals surface area contributed by atoms with Crippen LogP contribution in [0.2, 0.25) is 5.02 Å². The Hall–Kier alpha value is -3.20. The molecular formula is C29H29ClF4N4O. The highest BCUT2D eigenvalue weighted by atomic mass is 35.5. The van der Waals surface area contributed by atoms with Crippen molar-refractivity contribution < 1.29 is 22.4 Å². The molecular weight excluding hydrogens is 532 g/mol. The van der Waals surface area contributed by atoms with Crippen molar-refractivity contribution in [1.29, 1.82) is 0 Å². The molecule has 1 amide bonds. The van der Waals surface area contributed by atoms with Crippen molar-refractivity contribution >= 4 is 23.5 Å². The van der Waals surface area contributed by atoms with Crippen LogP contribution < -0.4 is 10.6 Å². The zero-order valence-corrected chi connectivity index (χ0v) is 22.0. The lowest BCUT2D eigenvalue weighted by atomic mass is 9.74. The fourth-order valence-electron chi connectivity index (χ4n) is 5.84. The molecule has 2 aromatic carbocycles. The van der Waals surface area contributed by atoms with Gasteiger partial charge in [0.1, 0.15) is 5.82 Å². The number of hydrogen-bond acceptors (Lipinski definition) is 4. The SMILES string of the molecule is O=C(NCc1cc(F)cc(C(F)(F)F)c1)c1cnc(NC2CCCC2)nc1C1(c2ccc(Cl)cc2)CCCC1. The van der Waals surface area contributed by atoms with Gasteiger partial charge < -0.3 is 10.6 Å². The molecule has 0 spiro atoms. The fraction of sp³-hybridized carbons (Fsp3) is 0.414. The van der Waals surface area contributed by atoms with Gasteiger partial charge in [0.05, 0.1) is 16.8 Å². The number of anilines is 1. The Morgan fingerprint density at radius 1 is 1.03 bits per heavy atom. The normalized spacial score (nSPS) is 17.4. The number of alkyl halides is 3. The second-order valence-corrected chi connectivity index (χ2v) is 10.8. The minimum Gasteiger partial charge on any atom is -0.351 e. The Morgan fingerprint density at radius 2 is 1.72 bits per heavy atom. The van der Waals surface area contributed by atoms with E-state index in [0.717, 1.165) is 69.1 Å². The summed E-state index contributed by atoms with van der Waals surface area (Å²) in [5, 5.41) is 6.67. The first kappa shape index (κ1) is 27.4. The van der Waals surface area contributed by atoms with Crippen LogP contribution in [0.25, 0.3) is 0 Å². The molecule has 39 heavy (non-hydrogen) atoms. The number of nitrogens with zero attached hydrogens (tertiary/aromatic N) is 2. The van der Waals surface area contributed by atoms with Gasteiger partial charge in [0.15, 0.2) is 0 Å². The van der Waals surface area contributed by atoms with Crippen molar-refractivity contribution in [2.75, 3.05) is 5.32 Å². The zero-order chi connectivity index (χ0) is 27.6. The lowest BCUT2D eigenvalue weighted by Gasteiger charge is -2.31. The van der Waals surface area contributed by atoms with Gasteiger partial charge in [0, 0.05) is 29.2 Å². The summed E-state index contributed by atoms with van der Waals surface area (Å²) in [4.78, 5) is 22.8. The van der Waals surface area contributed by atoms with Crippen molar-refractivity contribution in [3.63, 3.8) is 0 Å². The molecule has 2 aliphatic carbocycles. The average Bonchev–Trinajstić information content (AvgIpc) is 3.60. The number of carbonyl (C=O) groups excluding carboxylic acids is 1. The highest BCUT2D eigenvalue weighted by molar-refractivity contribution is 6.30. The lowest BCUT2D eigenvalue weighted by molar-refractivity contribution is -0.137. The average molecular weight is 561 g/mol. The minimum atomic E-state index is -4.70. The number of halogens is 5. The molecule has 0 aliphatic heterocycles. The maximum absolute atomic E-state index is 13.9. The third-order valence-electron chi connectivity index (χ3n) is 7.77. The molecule has 3 aromatic rings. The number of aromatic nitrogens is 2. The molecule has 206 valence electrons. The lowest BCUT2D eigenvalue weighted by Crippen LogP contribution is -2.33. The summed E-state index contributed by atoms with van der Waals surface area (Å²) >= 11 is 6.16. The van der Waals surface area contributed by atoms with Crippen molar-refractivity contribution in [2.45, 2.75) is 75.5 Å². The van der Waals surface area contributed by atoms with Crippen molar-refractivity contribution in [3.8, 4) is 0 Å². The van der Waals surface area contributed by atoms with Crippen molar-refractivity contribution in [2.24, 2.45) is 0 Å². The van der Waals surface area contributed by atoms with Gasteiger partial charge in [-0.3, -0.25) is 4.79 Å². The standard InChI is InChI=1S/C29H29ClF4N4O/c30-21-9-7-19(8-10-21)28(11-3-4-12-28)25-24(17-36-27(38-25)37-23-5-1-2-6-23)26(39)35-16-18-13-20(29(32,33)34)15-22(31)14-18/h7-10,13-15,17,23H,1-6,11-12,16H2,(H,35,39)(H,36,37,38). The number of nitrogens with one attached hydrogen (secondary N) is 2. The van der Waals surface area contributed by atoms with Gasteiger partial charge in [0.2, 0.25) is 5.95 Å². The molecule has 0 unspecified atom stereocenters. The Kier molecular flexibility index (Phi) is 7.80. The molecule has 0 radical (unpaired) electrons. The summed E-state index contributed by atoms with van der Waals surface area (Å²) in [6, 6.07) is 10.1. The number of hydrogen-bond donors (Lipinski definition) is 2. The second kappa shape index (κ2) is 11.1. The molecule has 1 heterocycles. The van der Waals surface area contributed by atoms with Gasteiger partial charge in [-0.2, -0.15) is 13.2 Å². The molecule has 2 N–H and O–H groups in total. The van der Waals surface area contributed by atoms with Gasteiger partial charge >= 0.3 is 6.18 Å². The highest BCUT2D eigenvalue weighted by Gasteiger charge is 2.42. The van der Waals surface area contributed by atoms with Gasteiger partial charge in [-0.1, -0.05) is 49.4 Å². The molecule has 1 aromatic heterocycles. The van der Waals surface area contributed by atoms with E-state index in [1.807, 2.05) is 24.3 Å². The fourth-order valence-corrected chi connectivity index (χ4v) is 5.96. The van der Waals surface area contributed by atoms with E-state index >= 15 is 0 Å². The molecule has 2 saturated carbocycles. The minimum absolute atomic E-state index is 0.00550. The third-order valence-corrected chi connectivity index (χ3v) is 8.02. The summed E-state index contributed by atoms with van der Waals surface area (Å²) in [5.74, 6) is -1.10. The maximum Gasteiger partial charge on any atom is 0.416 e. The molecule has 2 fully saturated rings. The van der Waals surface area contributed by atoms with E-state index in [-0.39, 0.29) is 23.7 Å². The van der Waals surface area contributed by atoms with Crippen LogP contribution in [0.1, 0.15) is 84.1 Å². The van der Waals surface area contributed by atoms with E-state index < -0.39 is 28.9 Å². The Balaban J connectivity index is 1.49. The summed E-state index contributed by atoms with van der Waals surface area (Å²) in [6.07, 6.45) is 4.54. The first-order chi connectivity index (χ1) is 18.6. The number of benzene rings is 2. The van der Waals surface area contributed by atoms with Crippen LogP contribution in [0.3, 0.4) is 0 Å². The number of amides is 1. The number of carbonyl (C=O) groups is 1. The van der Waals surface area contributed by atoms with E-state index in [9.17, 15) is 22.4 Å². The predicted octanol–water partition coefficient (Wildman–Crippen LogP) is 7.43. The Bertz CT molecular complexity index is 1330. The van der Waals surface area contributed by atoms with Gasteiger partial charge in [-0.05, 0) is 67.1 Å². The van der Waals surface area contributed by atoms with Crippen molar-refractivity contribution in [1.82, 2.24) is 15.3 Å². The summed E-state index contributed by atoms with van der Waals surface area (Å²) in [6.45, 7) is -0.283. The molecule has 5 rings (SSSR count). The summed E-state index contributed by atoms with van der Waals surface area (Å²) in [5.41, 5.74) is 0.164. The predicted molar refractivity (Wildman–Crippen MR) is 141 cm³/mol. The van der Waals surface area contributed by atoms with Gasteiger partial charge in [-0.25, -0.2) is 14.4 Å². The van der Waals surface area contributed by atoms with E-state index in [1.54, 1.807) is 0 Å². The maximum atomic E-state index is 13.9. The molecule has 0 bridgehead atoms. The van der Waals surface area contributed by atoms with Crippen LogP contribution in [0.4, 0.5) is 23.5 Å². The Labute approximate surface area is 229 Å². The van der Waals surface area contributed by atoms with E-state index in [1.165, 1.54) is 6.20 Å². The largest absolute Gasteiger partial charge is 0.416 e. The van der Waals surface area contributed by atoms with Crippen LogP contribution in [-0.4, -0.2) is 21.9 Å². The first-order valence-corrected chi connectivity index (χ1v) is 13.6. The van der Waals surface area contributed by atoms with Crippen LogP contribution in [0, 0.1) is 5.82 Å². The molecule has 0 atom stereocenters. The first-order valence-electron chi connectivity index (χ1n) is 13.2. The zero-order valence-electron chi connectivity index (χ0n) is 21.3. The second-order valence-electron chi connectivity index (χ2n) is 10.4. The molecule has 5 nitrogen and oxygen atoms in total. The van der Waals surface area contributed by atoms with E-state index in [2.05, 4.69) is 15.6 Å². The topological polar surface area (TPSA) is 66.9 Å². The van der Waals surface area contributed by atoms with Crippen molar-refractivity contribution in [3.05, 3.63) is 87.4 Å². The summed E-state index contributed by atoms with van der Waals surface area (Å²) in [7, 11) is 0. The van der Waals surface area contributed by atoms with Gasteiger partial charge in [-0.15, -0.1) is 0 Å². The van der Waals surface area contributed by atoms with E-state index in [4.69, 9.17) is 16.6 Å².